The molecule has 5 nitrogen and oxygen atoms in total. The minimum atomic E-state index is -0.724. The lowest BCUT2D eigenvalue weighted by Crippen LogP contribution is -2.21. The van der Waals surface area contributed by atoms with Crippen molar-refractivity contribution in [2.75, 3.05) is 0 Å². The van der Waals surface area contributed by atoms with Crippen LogP contribution < -0.4 is 10.5 Å². The third-order valence-electron chi connectivity index (χ3n) is 5.21. The van der Waals surface area contributed by atoms with Crippen molar-refractivity contribution in [3.05, 3.63) is 95.1 Å². The molecule has 0 fully saturated rings. The normalized spacial score (nSPS) is 15.7. The highest BCUT2D eigenvalue weighted by molar-refractivity contribution is 5.97. The Kier molecular flexibility index (Phi) is 3.81. The molecule has 1 atom stereocenters. The zero-order valence-electron chi connectivity index (χ0n) is 15.2. The molecule has 4 aromatic rings. The average Bonchev–Trinajstić information content (AvgIpc) is 3.16. The largest absolute Gasteiger partial charge is 0.420 e. The van der Waals surface area contributed by atoms with Crippen LogP contribution in [0.1, 0.15) is 17.0 Å². The Morgan fingerprint density at radius 1 is 1.03 bits per heavy atom. The van der Waals surface area contributed by atoms with Crippen LogP contribution in [-0.4, -0.2) is 10.2 Å². The molecule has 1 unspecified atom stereocenters. The van der Waals surface area contributed by atoms with E-state index in [2.05, 4.69) is 16.3 Å². The molecule has 3 N–H and O–H groups in total. The molecule has 1 aliphatic rings. The van der Waals surface area contributed by atoms with Crippen LogP contribution >= 0.6 is 0 Å². The number of halogens is 1. The van der Waals surface area contributed by atoms with Gasteiger partial charge in [-0.3, -0.25) is 5.10 Å². The average molecular weight is 382 g/mol. The molecule has 140 valence electrons. The van der Waals surface area contributed by atoms with Crippen molar-refractivity contribution < 1.29 is 9.13 Å². The van der Waals surface area contributed by atoms with Gasteiger partial charge in [0.15, 0.2) is 0 Å². The molecule has 1 aliphatic heterocycles. The molecule has 0 spiro atoms. The third kappa shape index (κ3) is 2.56. The first-order valence-electron chi connectivity index (χ1n) is 9.07. The second-order valence-corrected chi connectivity index (χ2v) is 6.79. The fourth-order valence-corrected chi connectivity index (χ4v) is 3.91. The van der Waals surface area contributed by atoms with E-state index in [1.54, 1.807) is 18.2 Å². The Morgan fingerprint density at radius 3 is 2.62 bits per heavy atom. The summed E-state index contributed by atoms with van der Waals surface area (Å²) >= 11 is 0. The van der Waals surface area contributed by atoms with Crippen LogP contribution in [0.2, 0.25) is 0 Å². The van der Waals surface area contributed by atoms with E-state index < -0.39 is 11.7 Å². The molecule has 0 bridgehead atoms. The maximum atomic E-state index is 14.8. The van der Waals surface area contributed by atoms with Crippen molar-refractivity contribution in [1.29, 1.82) is 5.26 Å². The van der Waals surface area contributed by atoms with Gasteiger partial charge in [0.2, 0.25) is 11.8 Å². The molecule has 0 radical (unpaired) electrons. The van der Waals surface area contributed by atoms with Crippen LogP contribution in [0.3, 0.4) is 0 Å². The van der Waals surface area contributed by atoms with Gasteiger partial charge < -0.3 is 10.5 Å². The summed E-state index contributed by atoms with van der Waals surface area (Å²) in [4.78, 5) is 0. The quantitative estimate of drug-likeness (QED) is 0.531. The number of aromatic nitrogens is 2. The molecule has 0 amide bonds. The van der Waals surface area contributed by atoms with Crippen LogP contribution in [0, 0.1) is 17.1 Å². The van der Waals surface area contributed by atoms with Gasteiger partial charge in [-0.1, -0.05) is 60.7 Å². The fourth-order valence-electron chi connectivity index (χ4n) is 3.91. The number of H-pyrrole nitrogens is 1. The number of benzene rings is 3. The van der Waals surface area contributed by atoms with E-state index in [-0.39, 0.29) is 17.3 Å². The summed E-state index contributed by atoms with van der Waals surface area (Å²) in [5.74, 6) is -0.962. The van der Waals surface area contributed by atoms with E-state index in [1.165, 1.54) is 6.07 Å². The number of ether oxygens (including phenoxy) is 1. The third-order valence-corrected chi connectivity index (χ3v) is 5.21. The van der Waals surface area contributed by atoms with Crippen LogP contribution in [0.15, 0.2) is 78.2 Å². The number of fused-ring (bicyclic) bond motifs is 2. The Hall–Kier alpha value is -4.11. The number of nitrogens with zero attached hydrogens (tertiary/aromatic N) is 2. The fraction of sp³-hybridized carbons (Fsp3) is 0.0435. The molecule has 5 rings (SSSR count). The number of hydrogen-bond donors (Lipinski definition) is 2. The van der Waals surface area contributed by atoms with Gasteiger partial charge in [0.25, 0.3) is 0 Å². The van der Waals surface area contributed by atoms with Gasteiger partial charge in [-0.2, -0.15) is 5.26 Å². The maximum absolute atomic E-state index is 14.8. The Balaban J connectivity index is 1.81. The van der Waals surface area contributed by atoms with E-state index in [1.807, 2.05) is 42.5 Å². The van der Waals surface area contributed by atoms with E-state index in [0.29, 0.717) is 16.8 Å². The molecular formula is C23H15FN4O. The summed E-state index contributed by atoms with van der Waals surface area (Å²) < 4.78 is 20.4. The number of hydrogen-bond acceptors (Lipinski definition) is 4. The van der Waals surface area contributed by atoms with Crippen molar-refractivity contribution in [2.45, 2.75) is 5.92 Å². The first-order valence-corrected chi connectivity index (χ1v) is 9.07. The number of nitrogens with one attached hydrogen (secondary N) is 1. The summed E-state index contributed by atoms with van der Waals surface area (Å²) in [6.45, 7) is 0. The Morgan fingerprint density at radius 2 is 1.79 bits per heavy atom. The van der Waals surface area contributed by atoms with Crippen LogP contribution in [0.4, 0.5) is 4.39 Å². The van der Waals surface area contributed by atoms with Gasteiger partial charge in [-0.15, -0.1) is 5.10 Å². The topological polar surface area (TPSA) is 87.7 Å². The van der Waals surface area contributed by atoms with Crippen LogP contribution in [-0.2, 0) is 0 Å². The van der Waals surface area contributed by atoms with Gasteiger partial charge in [0, 0.05) is 11.1 Å². The maximum Gasteiger partial charge on any atom is 0.244 e. The highest BCUT2D eigenvalue weighted by Gasteiger charge is 2.37. The second kappa shape index (κ2) is 6.50. The molecule has 1 aromatic heterocycles. The number of aromatic amines is 1. The molecular weight excluding hydrogens is 367 g/mol. The highest BCUT2D eigenvalue weighted by atomic mass is 19.1. The standard InChI is InChI=1S/C23H15FN4O/c24-18-11-4-3-9-16(18)19-17(12-25)22(26)29-23-20(19)21(27-28-23)15-10-5-7-13-6-1-2-8-14(13)15/h1-11,19H,26H2,(H,27,28). The Bertz CT molecular complexity index is 1330. The van der Waals surface area contributed by atoms with Crippen molar-refractivity contribution in [3.8, 4) is 23.2 Å². The van der Waals surface area contributed by atoms with Gasteiger partial charge in [0.1, 0.15) is 17.5 Å². The molecule has 0 saturated heterocycles. The van der Waals surface area contributed by atoms with Crippen molar-refractivity contribution in [2.24, 2.45) is 5.73 Å². The molecule has 29 heavy (non-hydrogen) atoms. The number of allylic oxidation sites excluding steroid dienone is 1. The molecule has 2 heterocycles. The van der Waals surface area contributed by atoms with E-state index in [9.17, 15) is 9.65 Å². The number of nitrogens with two attached hydrogens (primary N) is 1. The molecule has 0 aliphatic carbocycles. The Labute approximate surface area is 165 Å². The summed E-state index contributed by atoms with van der Waals surface area (Å²) in [6, 6.07) is 22.3. The van der Waals surface area contributed by atoms with Gasteiger partial charge in [0.05, 0.1) is 17.2 Å². The van der Waals surface area contributed by atoms with Gasteiger partial charge >= 0.3 is 0 Å². The molecule has 3 aromatic carbocycles. The summed E-state index contributed by atoms with van der Waals surface area (Å²) in [6.07, 6.45) is 0. The molecule has 0 saturated carbocycles. The number of rotatable bonds is 2. The zero-order valence-corrected chi connectivity index (χ0v) is 15.2. The summed E-state index contributed by atoms with van der Waals surface area (Å²) in [5, 5.41) is 19.1. The minimum absolute atomic E-state index is 0.0655. The van der Waals surface area contributed by atoms with E-state index >= 15 is 0 Å². The predicted molar refractivity (Wildman–Crippen MR) is 107 cm³/mol. The zero-order chi connectivity index (χ0) is 20.0. The van der Waals surface area contributed by atoms with Gasteiger partial charge in [-0.05, 0) is 16.8 Å². The lowest BCUT2D eigenvalue weighted by Gasteiger charge is -2.24. The van der Waals surface area contributed by atoms with Crippen LogP contribution in [0.5, 0.6) is 5.88 Å². The lowest BCUT2D eigenvalue weighted by atomic mass is 9.82. The van der Waals surface area contributed by atoms with Crippen LogP contribution in [0.25, 0.3) is 22.0 Å². The second-order valence-electron chi connectivity index (χ2n) is 6.79. The number of nitriles is 1. The van der Waals surface area contributed by atoms with Crippen molar-refractivity contribution >= 4 is 10.8 Å². The monoisotopic (exact) mass is 382 g/mol. The first-order chi connectivity index (χ1) is 14.2. The lowest BCUT2D eigenvalue weighted by molar-refractivity contribution is 0.378. The van der Waals surface area contributed by atoms with Crippen molar-refractivity contribution in [3.63, 3.8) is 0 Å². The first kappa shape index (κ1) is 17.0. The SMILES string of the molecule is N#CC1=C(N)Oc2n[nH]c(-c3cccc4ccccc34)c2C1c1ccccc1F. The minimum Gasteiger partial charge on any atom is -0.420 e. The highest BCUT2D eigenvalue weighted by Crippen LogP contribution is 2.47. The van der Waals surface area contributed by atoms with Gasteiger partial charge in [-0.25, -0.2) is 4.39 Å². The summed E-state index contributed by atoms with van der Waals surface area (Å²) in [5.41, 5.74) is 8.64. The molecule has 6 heteroatoms. The summed E-state index contributed by atoms with van der Waals surface area (Å²) in [7, 11) is 0. The van der Waals surface area contributed by atoms with Crippen molar-refractivity contribution in [1.82, 2.24) is 10.2 Å². The predicted octanol–water partition coefficient (Wildman–Crippen LogP) is 4.59. The smallest absolute Gasteiger partial charge is 0.244 e. The van der Waals surface area contributed by atoms with E-state index in [0.717, 1.165) is 16.3 Å². The van der Waals surface area contributed by atoms with E-state index in [4.69, 9.17) is 10.5 Å².